The predicted octanol–water partition coefficient (Wildman–Crippen LogP) is 9.36. The number of rotatable bonds is 1. The van der Waals surface area contributed by atoms with E-state index in [9.17, 15) is 0 Å². The Kier molecular flexibility index (Phi) is 3.62. The van der Waals surface area contributed by atoms with Gasteiger partial charge in [-0.15, -0.1) is 0 Å². The van der Waals surface area contributed by atoms with Gasteiger partial charge in [-0.2, -0.15) is 0 Å². The minimum Gasteiger partial charge on any atom is -0.456 e. The van der Waals surface area contributed by atoms with Crippen LogP contribution in [-0.4, -0.2) is 0 Å². The number of para-hydroxylation sites is 1. The maximum atomic E-state index is 6.65. The third kappa shape index (κ3) is 2.30. The summed E-state index contributed by atoms with van der Waals surface area (Å²) < 4.78 is 6.26. The van der Waals surface area contributed by atoms with Crippen LogP contribution < -0.4 is 4.90 Å². The summed E-state index contributed by atoms with van der Waals surface area (Å²) in [4.78, 5) is 2.39. The molecule has 2 aliphatic rings. The van der Waals surface area contributed by atoms with Crippen molar-refractivity contribution in [3.05, 3.63) is 125 Å². The molecule has 0 fully saturated rings. The van der Waals surface area contributed by atoms with E-state index in [1.165, 1.54) is 33.5 Å². The molecule has 5 aromatic carbocycles. The summed E-state index contributed by atoms with van der Waals surface area (Å²) in [6, 6.07) is 36.4. The molecule has 3 heteroatoms. The molecule has 0 bridgehead atoms. The average Bonchev–Trinajstić information content (AvgIpc) is 3.39. The van der Waals surface area contributed by atoms with Crippen molar-refractivity contribution < 1.29 is 4.42 Å². The SMILES string of the molecule is CC12c3ccccc3-c3cccc(c31)N(c1cccc3oc4ccccc4c13)c1cc(Cl)ccc12. The predicted molar refractivity (Wildman–Crippen MR) is 144 cm³/mol. The van der Waals surface area contributed by atoms with Crippen molar-refractivity contribution >= 4 is 50.6 Å². The highest BCUT2D eigenvalue weighted by atomic mass is 35.5. The third-order valence-electron chi connectivity index (χ3n) is 7.90. The molecule has 0 spiro atoms. The molecule has 8 rings (SSSR count). The molecular formula is C32H20ClNO. The Morgan fingerprint density at radius 3 is 2.34 bits per heavy atom. The standard InChI is InChI=1S/C32H20ClNO/c1-32-23-11-4-2-8-20(23)21-10-6-13-26(31(21)32)34(27-18-19(33)16-17-24(27)32)25-12-7-15-29-30(25)22-9-3-5-14-28(22)35-29/h2-18H,1H3. The molecule has 0 N–H and O–H groups in total. The molecular weight excluding hydrogens is 450 g/mol. The first-order chi connectivity index (χ1) is 17.2. The number of fused-ring (bicyclic) bond motifs is 8. The number of benzene rings is 5. The Balaban J connectivity index is 1.54. The highest BCUT2D eigenvalue weighted by Crippen LogP contribution is 2.62. The van der Waals surface area contributed by atoms with Gasteiger partial charge in [-0.25, -0.2) is 0 Å². The van der Waals surface area contributed by atoms with Crippen molar-refractivity contribution in [2.75, 3.05) is 4.90 Å². The van der Waals surface area contributed by atoms with Crippen molar-refractivity contribution in [3.8, 4) is 11.1 Å². The van der Waals surface area contributed by atoms with Crippen LogP contribution in [0.2, 0.25) is 5.02 Å². The molecule has 0 radical (unpaired) electrons. The fraction of sp³-hybridized carbons (Fsp3) is 0.0625. The molecule has 0 saturated heterocycles. The molecule has 0 saturated carbocycles. The van der Waals surface area contributed by atoms with Crippen molar-refractivity contribution in [2.24, 2.45) is 0 Å². The van der Waals surface area contributed by atoms with Gasteiger partial charge in [0.25, 0.3) is 0 Å². The fourth-order valence-electron chi connectivity index (χ4n) is 6.49. The summed E-state index contributed by atoms with van der Waals surface area (Å²) in [6.07, 6.45) is 0. The first-order valence-corrected chi connectivity index (χ1v) is 12.3. The van der Waals surface area contributed by atoms with Crippen LogP contribution in [-0.2, 0) is 5.41 Å². The van der Waals surface area contributed by atoms with Crippen LogP contribution >= 0.6 is 11.6 Å². The number of furan rings is 1. The Morgan fingerprint density at radius 1 is 0.657 bits per heavy atom. The Bertz CT molecular complexity index is 1850. The van der Waals surface area contributed by atoms with E-state index in [0.717, 1.165) is 38.3 Å². The van der Waals surface area contributed by atoms with E-state index in [0.29, 0.717) is 0 Å². The van der Waals surface area contributed by atoms with Gasteiger partial charge in [0.2, 0.25) is 0 Å². The largest absolute Gasteiger partial charge is 0.456 e. The summed E-state index contributed by atoms with van der Waals surface area (Å²) in [7, 11) is 0. The monoisotopic (exact) mass is 469 g/mol. The Hall–Kier alpha value is -4.01. The minimum absolute atomic E-state index is 0.259. The molecule has 0 amide bonds. The second kappa shape index (κ2) is 6.56. The van der Waals surface area contributed by atoms with E-state index in [4.69, 9.17) is 16.0 Å². The zero-order valence-electron chi connectivity index (χ0n) is 19.0. The van der Waals surface area contributed by atoms with E-state index < -0.39 is 0 Å². The van der Waals surface area contributed by atoms with Crippen LogP contribution in [0, 0.1) is 0 Å². The summed E-state index contributed by atoms with van der Waals surface area (Å²) in [5, 5.41) is 2.96. The molecule has 1 aromatic heterocycles. The van der Waals surface area contributed by atoms with E-state index in [2.05, 4.69) is 96.8 Å². The molecule has 1 unspecified atom stereocenters. The third-order valence-corrected chi connectivity index (χ3v) is 8.14. The first-order valence-electron chi connectivity index (χ1n) is 11.9. The number of halogens is 1. The van der Waals surface area contributed by atoms with Crippen LogP contribution in [0.15, 0.2) is 108 Å². The van der Waals surface area contributed by atoms with Gasteiger partial charge >= 0.3 is 0 Å². The van der Waals surface area contributed by atoms with Crippen molar-refractivity contribution in [3.63, 3.8) is 0 Å². The minimum atomic E-state index is -0.259. The molecule has 166 valence electrons. The molecule has 1 aliphatic heterocycles. The van der Waals surface area contributed by atoms with Crippen LogP contribution in [0.4, 0.5) is 17.1 Å². The van der Waals surface area contributed by atoms with Crippen LogP contribution in [0.3, 0.4) is 0 Å². The second-order valence-corrected chi connectivity index (χ2v) is 10.1. The topological polar surface area (TPSA) is 16.4 Å². The van der Waals surface area contributed by atoms with E-state index >= 15 is 0 Å². The van der Waals surface area contributed by atoms with E-state index in [1.54, 1.807) is 0 Å². The molecule has 1 atom stereocenters. The fourth-order valence-corrected chi connectivity index (χ4v) is 6.66. The maximum absolute atomic E-state index is 6.65. The summed E-state index contributed by atoms with van der Waals surface area (Å²) in [5.74, 6) is 0. The van der Waals surface area contributed by atoms with Crippen molar-refractivity contribution in [1.82, 2.24) is 0 Å². The maximum Gasteiger partial charge on any atom is 0.137 e. The molecule has 1 aliphatic carbocycles. The average molecular weight is 470 g/mol. The molecule has 6 aromatic rings. The molecule has 2 heterocycles. The van der Waals surface area contributed by atoms with Gasteiger partial charge in [0.05, 0.1) is 22.4 Å². The highest BCUT2D eigenvalue weighted by Gasteiger charge is 2.48. The van der Waals surface area contributed by atoms with Gasteiger partial charge in [0.15, 0.2) is 0 Å². The zero-order chi connectivity index (χ0) is 23.3. The van der Waals surface area contributed by atoms with Crippen molar-refractivity contribution in [2.45, 2.75) is 12.3 Å². The summed E-state index contributed by atoms with van der Waals surface area (Å²) in [5.41, 5.74) is 11.5. The Labute approximate surface area is 208 Å². The Morgan fingerprint density at radius 2 is 1.40 bits per heavy atom. The lowest BCUT2D eigenvalue weighted by atomic mass is 9.70. The first kappa shape index (κ1) is 19.3. The molecule has 2 nitrogen and oxygen atoms in total. The lowest BCUT2D eigenvalue weighted by molar-refractivity contribution is 0.669. The van der Waals surface area contributed by atoms with Crippen LogP contribution in [0.1, 0.15) is 23.6 Å². The van der Waals surface area contributed by atoms with Gasteiger partial charge in [0.1, 0.15) is 11.2 Å². The smallest absolute Gasteiger partial charge is 0.137 e. The summed E-state index contributed by atoms with van der Waals surface area (Å²) in [6.45, 7) is 2.36. The van der Waals surface area contributed by atoms with E-state index in [1.807, 2.05) is 18.2 Å². The zero-order valence-corrected chi connectivity index (χ0v) is 19.8. The number of hydrogen-bond acceptors (Lipinski definition) is 2. The van der Waals surface area contributed by atoms with Gasteiger partial charge in [-0.05, 0) is 71.1 Å². The van der Waals surface area contributed by atoms with Gasteiger partial charge in [0, 0.05) is 15.8 Å². The summed E-state index contributed by atoms with van der Waals surface area (Å²) >= 11 is 6.65. The van der Waals surface area contributed by atoms with Gasteiger partial charge < -0.3 is 9.32 Å². The number of nitrogens with zero attached hydrogens (tertiary/aromatic N) is 1. The van der Waals surface area contributed by atoms with Crippen LogP contribution in [0.25, 0.3) is 33.1 Å². The van der Waals surface area contributed by atoms with Crippen LogP contribution in [0.5, 0.6) is 0 Å². The van der Waals surface area contributed by atoms with Gasteiger partial charge in [-0.1, -0.05) is 78.3 Å². The number of anilines is 3. The lowest BCUT2D eigenvalue weighted by Gasteiger charge is -2.42. The normalized spacial score (nSPS) is 17.5. The van der Waals surface area contributed by atoms with Crippen molar-refractivity contribution in [1.29, 1.82) is 0 Å². The highest BCUT2D eigenvalue weighted by molar-refractivity contribution is 6.31. The quantitative estimate of drug-likeness (QED) is 0.238. The van der Waals surface area contributed by atoms with Gasteiger partial charge in [-0.3, -0.25) is 0 Å². The van der Waals surface area contributed by atoms with E-state index in [-0.39, 0.29) is 5.41 Å². The molecule has 35 heavy (non-hydrogen) atoms. The second-order valence-electron chi connectivity index (χ2n) is 9.62. The number of hydrogen-bond donors (Lipinski definition) is 0. The lowest BCUT2D eigenvalue weighted by Crippen LogP contribution is -2.32.